The van der Waals surface area contributed by atoms with Crippen LogP contribution in [0.15, 0.2) is 47.3 Å². The molecule has 0 atom stereocenters. The Morgan fingerprint density at radius 1 is 1.13 bits per heavy atom. The Morgan fingerprint density at radius 3 is 2.50 bits per heavy atom. The zero-order valence-corrected chi connectivity index (χ0v) is 17.5. The third kappa shape index (κ3) is 5.17. The van der Waals surface area contributed by atoms with Gasteiger partial charge in [-0.3, -0.25) is 14.6 Å². The van der Waals surface area contributed by atoms with Gasteiger partial charge in [0, 0.05) is 29.9 Å². The highest BCUT2D eigenvalue weighted by molar-refractivity contribution is 5.98. The molecule has 3 rings (SSSR count). The fraction of sp³-hybridized carbons (Fsp3) is 0.304. The van der Waals surface area contributed by atoms with Crippen molar-refractivity contribution in [2.24, 2.45) is 5.41 Å². The lowest BCUT2D eigenvalue weighted by Gasteiger charge is -2.18. The Balaban J connectivity index is 1.83. The normalized spacial score (nSPS) is 11.4. The summed E-state index contributed by atoms with van der Waals surface area (Å²) in [4.78, 5) is 29.1. The summed E-state index contributed by atoms with van der Waals surface area (Å²) in [5.41, 5.74) is 2.45. The van der Waals surface area contributed by atoms with E-state index in [0.29, 0.717) is 34.6 Å². The summed E-state index contributed by atoms with van der Waals surface area (Å²) in [7, 11) is 0. The molecule has 0 fully saturated rings. The van der Waals surface area contributed by atoms with Crippen LogP contribution in [0.4, 0.5) is 4.39 Å². The second-order valence-electron chi connectivity index (χ2n) is 8.40. The van der Waals surface area contributed by atoms with Gasteiger partial charge in [-0.05, 0) is 42.2 Å². The zero-order chi connectivity index (χ0) is 21.9. The maximum Gasteiger partial charge on any atom is 0.252 e. The fourth-order valence-corrected chi connectivity index (χ4v) is 2.84. The van der Waals surface area contributed by atoms with Gasteiger partial charge < -0.3 is 9.84 Å². The van der Waals surface area contributed by atoms with E-state index in [4.69, 9.17) is 4.52 Å². The van der Waals surface area contributed by atoms with Gasteiger partial charge in [0.2, 0.25) is 0 Å². The molecule has 0 aliphatic rings. The van der Waals surface area contributed by atoms with E-state index in [0.717, 1.165) is 0 Å². The number of carbonyl (C=O) groups excluding carboxylic acids is 2. The summed E-state index contributed by atoms with van der Waals surface area (Å²) < 4.78 is 19.2. The maximum absolute atomic E-state index is 14.5. The van der Waals surface area contributed by atoms with E-state index in [1.807, 2.05) is 20.8 Å². The first-order chi connectivity index (χ1) is 14.1. The number of halogens is 1. The summed E-state index contributed by atoms with van der Waals surface area (Å²) in [6.07, 6.45) is 2.85. The van der Waals surface area contributed by atoms with Crippen LogP contribution in [-0.4, -0.2) is 28.4 Å². The first kappa shape index (κ1) is 21.4. The molecule has 2 heterocycles. The van der Waals surface area contributed by atoms with Crippen LogP contribution >= 0.6 is 0 Å². The Kier molecular flexibility index (Phi) is 6.10. The van der Waals surface area contributed by atoms with Crippen LogP contribution in [0.3, 0.4) is 0 Å². The van der Waals surface area contributed by atoms with Crippen molar-refractivity contribution in [2.45, 2.75) is 34.1 Å². The first-order valence-electron chi connectivity index (χ1n) is 9.61. The van der Waals surface area contributed by atoms with Gasteiger partial charge in [0.05, 0.1) is 23.4 Å². The quantitative estimate of drug-likeness (QED) is 0.611. The average Bonchev–Trinajstić information content (AvgIpc) is 3.20. The molecule has 0 aliphatic carbocycles. The van der Waals surface area contributed by atoms with Crippen LogP contribution in [0.2, 0.25) is 0 Å². The Hall–Kier alpha value is -3.35. The smallest absolute Gasteiger partial charge is 0.252 e. The number of nitrogens with one attached hydrogen (secondary N) is 1. The number of ketones is 1. The van der Waals surface area contributed by atoms with Crippen LogP contribution < -0.4 is 5.32 Å². The highest BCUT2D eigenvalue weighted by Crippen LogP contribution is 2.26. The van der Waals surface area contributed by atoms with Gasteiger partial charge in [0.1, 0.15) is 12.1 Å². The van der Waals surface area contributed by atoms with Gasteiger partial charge in [0.15, 0.2) is 5.78 Å². The van der Waals surface area contributed by atoms with Crippen molar-refractivity contribution in [1.29, 1.82) is 0 Å². The third-order valence-corrected chi connectivity index (χ3v) is 4.58. The lowest BCUT2D eigenvalue weighted by molar-refractivity contribution is 0.0938. The number of aromatic nitrogens is 2. The van der Waals surface area contributed by atoms with Crippen molar-refractivity contribution >= 4 is 11.7 Å². The molecular weight excluding hydrogens is 385 g/mol. The minimum Gasteiger partial charge on any atom is -0.364 e. The summed E-state index contributed by atoms with van der Waals surface area (Å²) in [5.74, 6) is -0.990. The van der Waals surface area contributed by atoms with Gasteiger partial charge in [-0.15, -0.1) is 0 Å². The number of hydrogen-bond acceptors (Lipinski definition) is 5. The van der Waals surface area contributed by atoms with Gasteiger partial charge >= 0.3 is 0 Å². The number of pyridine rings is 1. The van der Waals surface area contributed by atoms with Crippen LogP contribution in [0.1, 0.15) is 52.7 Å². The molecule has 0 spiro atoms. The number of rotatable bonds is 6. The molecule has 7 heteroatoms. The van der Waals surface area contributed by atoms with Gasteiger partial charge in [-0.1, -0.05) is 25.9 Å². The van der Waals surface area contributed by atoms with Crippen LogP contribution in [0.25, 0.3) is 11.3 Å². The number of carbonyl (C=O) groups is 2. The van der Waals surface area contributed by atoms with Crippen molar-refractivity contribution in [3.63, 3.8) is 0 Å². The van der Waals surface area contributed by atoms with E-state index >= 15 is 0 Å². The molecule has 156 valence electrons. The molecule has 0 aliphatic heterocycles. The topological polar surface area (TPSA) is 85.1 Å². The van der Waals surface area contributed by atoms with Gasteiger partial charge in [0.25, 0.3) is 5.91 Å². The molecular formula is C23H24FN3O3. The number of nitrogens with zero attached hydrogens (tertiary/aromatic N) is 2. The highest BCUT2D eigenvalue weighted by Gasteiger charge is 2.17. The monoisotopic (exact) mass is 409 g/mol. The van der Waals surface area contributed by atoms with E-state index in [1.165, 1.54) is 18.5 Å². The van der Waals surface area contributed by atoms with Gasteiger partial charge in [-0.2, -0.15) is 0 Å². The minimum absolute atomic E-state index is 0.0127. The minimum atomic E-state index is -0.496. The third-order valence-electron chi connectivity index (χ3n) is 4.58. The second-order valence-corrected chi connectivity index (χ2v) is 8.40. The summed E-state index contributed by atoms with van der Waals surface area (Å²) in [6.45, 7) is 8.25. The molecule has 0 bridgehead atoms. The lowest BCUT2D eigenvalue weighted by atomic mass is 9.96. The number of hydrogen-bond donors (Lipinski definition) is 1. The van der Waals surface area contributed by atoms with Crippen LogP contribution in [0, 0.1) is 18.2 Å². The average molecular weight is 409 g/mol. The molecule has 30 heavy (non-hydrogen) atoms. The molecule has 6 nitrogen and oxygen atoms in total. The van der Waals surface area contributed by atoms with Crippen LogP contribution in [0.5, 0.6) is 0 Å². The molecule has 0 saturated heterocycles. The predicted octanol–water partition coefficient (Wildman–Crippen LogP) is 4.39. The van der Waals surface area contributed by atoms with E-state index < -0.39 is 5.82 Å². The molecule has 1 N–H and O–H groups in total. The number of Topliss-reactive ketones (excluding diaryl/α,β-unsaturated/α-hetero) is 1. The zero-order valence-electron chi connectivity index (χ0n) is 17.5. The lowest BCUT2D eigenvalue weighted by Crippen LogP contribution is -2.32. The molecule has 0 saturated carbocycles. The van der Waals surface area contributed by atoms with E-state index in [-0.39, 0.29) is 29.1 Å². The largest absolute Gasteiger partial charge is 0.364 e. The fourth-order valence-electron chi connectivity index (χ4n) is 2.84. The van der Waals surface area contributed by atoms with E-state index in [9.17, 15) is 14.0 Å². The Labute approximate surface area is 174 Å². The van der Waals surface area contributed by atoms with Crippen LogP contribution in [-0.2, 0) is 6.42 Å². The van der Waals surface area contributed by atoms with Gasteiger partial charge in [-0.25, -0.2) is 4.39 Å². The molecule has 0 radical (unpaired) electrons. The summed E-state index contributed by atoms with van der Waals surface area (Å²) in [5, 5.41) is 6.59. The maximum atomic E-state index is 14.5. The Bertz CT molecular complexity index is 1050. The van der Waals surface area contributed by atoms with E-state index in [1.54, 1.807) is 31.2 Å². The van der Waals surface area contributed by atoms with Crippen molar-refractivity contribution in [2.75, 3.05) is 6.54 Å². The highest BCUT2D eigenvalue weighted by atomic mass is 19.1. The molecule has 3 aromatic rings. The molecule has 1 amide bonds. The summed E-state index contributed by atoms with van der Waals surface area (Å²) in [6, 6.07) is 7.72. The van der Waals surface area contributed by atoms with Crippen molar-refractivity contribution in [3.05, 3.63) is 71.0 Å². The van der Waals surface area contributed by atoms with Crippen molar-refractivity contribution in [1.82, 2.24) is 15.5 Å². The van der Waals surface area contributed by atoms with Crippen molar-refractivity contribution < 1.29 is 18.5 Å². The first-order valence-corrected chi connectivity index (χ1v) is 9.61. The molecule has 0 unspecified atom stereocenters. The second kappa shape index (κ2) is 8.57. The summed E-state index contributed by atoms with van der Waals surface area (Å²) >= 11 is 0. The predicted molar refractivity (Wildman–Crippen MR) is 111 cm³/mol. The number of amides is 1. The molecule has 1 aromatic carbocycles. The SMILES string of the molecule is Cc1c(F)cc(C(=O)Cc2ccon2)cc1-c1ccc(C(=O)NCC(C)(C)C)cn1. The standard InChI is InChI=1S/C23H24FN3O3/c1-14-18(9-16(10-19(14)24)21(28)11-17-7-8-30-27-17)20-6-5-15(12-25-20)22(29)26-13-23(2,3)4/h5-10,12H,11,13H2,1-4H3,(H,26,29). The Morgan fingerprint density at radius 2 is 1.90 bits per heavy atom. The number of benzene rings is 1. The van der Waals surface area contributed by atoms with E-state index in [2.05, 4.69) is 15.5 Å². The molecule has 2 aromatic heterocycles. The van der Waals surface area contributed by atoms with Crippen molar-refractivity contribution in [3.8, 4) is 11.3 Å².